The standard InChI is InChI=1S/C18H26BrN3O/c1-14(15-6-8-16(19)9-7-15)20-18(23)22-12-10-21(11-13-22)17-4-2-3-5-17/h6-9,14,17H,2-5,10-13H2,1H3,(H,20,23). The van der Waals surface area contributed by atoms with Crippen LogP contribution in [-0.4, -0.2) is 48.1 Å². The molecule has 0 spiro atoms. The molecule has 1 aliphatic heterocycles. The van der Waals surface area contributed by atoms with Gasteiger partial charge in [0.05, 0.1) is 6.04 Å². The highest BCUT2D eigenvalue weighted by atomic mass is 79.9. The summed E-state index contributed by atoms with van der Waals surface area (Å²) in [7, 11) is 0. The Kier molecular flexibility index (Phi) is 5.59. The van der Waals surface area contributed by atoms with Gasteiger partial charge < -0.3 is 10.2 Å². The zero-order chi connectivity index (χ0) is 16.2. The van der Waals surface area contributed by atoms with E-state index in [2.05, 4.69) is 26.1 Å². The lowest BCUT2D eigenvalue weighted by Crippen LogP contribution is -2.54. The Hall–Kier alpha value is -1.07. The quantitative estimate of drug-likeness (QED) is 0.866. The molecule has 1 saturated carbocycles. The molecular weight excluding hydrogens is 354 g/mol. The van der Waals surface area contributed by atoms with E-state index < -0.39 is 0 Å². The third kappa shape index (κ3) is 4.27. The second-order valence-corrected chi connectivity index (χ2v) is 7.60. The lowest BCUT2D eigenvalue weighted by Gasteiger charge is -2.38. The van der Waals surface area contributed by atoms with Crippen LogP contribution < -0.4 is 5.32 Å². The van der Waals surface area contributed by atoms with Crippen LogP contribution in [0.2, 0.25) is 0 Å². The summed E-state index contributed by atoms with van der Waals surface area (Å²) in [5.74, 6) is 0. The number of piperazine rings is 1. The highest BCUT2D eigenvalue weighted by molar-refractivity contribution is 9.10. The fraction of sp³-hybridized carbons (Fsp3) is 0.611. The van der Waals surface area contributed by atoms with Crippen molar-refractivity contribution in [2.45, 2.75) is 44.7 Å². The first-order valence-electron chi connectivity index (χ1n) is 8.68. The van der Waals surface area contributed by atoms with Gasteiger partial charge in [0, 0.05) is 36.7 Å². The van der Waals surface area contributed by atoms with Crippen molar-refractivity contribution in [3.63, 3.8) is 0 Å². The lowest BCUT2D eigenvalue weighted by molar-refractivity contribution is 0.108. The lowest BCUT2D eigenvalue weighted by atomic mass is 10.1. The molecule has 1 aromatic rings. The van der Waals surface area contributed by atoms with Crippen molar-refractivity contribution in [3.8, 4) is 0 Å². The molecule has 1 aliphatic carbocycles. The van der Waals surface area contributed by atoms with Crippen molar-refractivity contribution in [1.82, 2.24) is 15.1 Å². The van der Waals surface area contributed by atoms with E-state index >= 15 is 0 Å². The van der Waals surface area contributed by atoms with Crippen molar-refractivity contribution in [3.05, 3.63) is 34.3 Å². The van der Waals surface area contributed by atoms with Crippen molar-refractivity contribution >= 4 is 22.0 Å². The van der Waals surface area contributed by atoms with Crippen LogP contribution in [0.1, 0.15) is 44.2 Å². The van der Waals surface area contributed by atoms with E-state index in [1.54, 1.807) is 0 Å². The maximum atomic E-state index is 12.5. The first-order valence-corrected chi connectivity index (χ1v) is 9.48. The Balaban J connectivity index is 1.48. The van der Waals surface area contributed by atoms with Crippen molar-refractivity contribution in [1.29, 1.82) is 0 Å². The summed E-state index contributed by atoms with van der Waals surface area (Å²) >= 11 is 3.44. The van der Waals surface area contributed by atoms with Gasteiger partial charge in [-0.15, -0.1) is 0 Å². The molecule has 0 bridgehead atoms. The van der Waals surface area contributed by atoms with Crippen LogP contribution in [0.5, 0.6) is 0 Å². The summed E-state index contributed by atoms with van der Waals surface area (Å²) in [6, 6.07) is 8.98. The first kappa shape index (κ1) is 16.8. The summed E-state index contributed by atoms with van der Waals surface area (Å²) in [6.07, 6.45) is 5.42. The fourth-order valence-corrected chi connectivity index (χ4v) is 3.94. The van der Waals surface area contributed by atoms with Gasteiger partial charge in [-0.1, -0.05) is 40.9 Å². The average Bonchev–Trinajstić information content (AvgIpc) is 3.10. The average molecular weight is 380 g/mol. The molecule has 1 atom stereocenters. The van der Waals surface area contributed by atoms with Crippen LogP contribution in [0.4, 0.5) is 4.79 Å². The molecular formula is C18H26BrN3O. The number of nitrogens with one attached hydrogen (secondary N) is 1. The predicted octanol–water partition coefficient (Wildman–Crippen LogP) is 3.78. The second kappa shape index (κ2) is 7.67. The molecule has 1 heterocycles. The number of benzene rings is 1. The Morgan fingerprint density at radius 1 is 1.13 bits per heavy atom. The number of carbonyl (C=O) groups is 1. The molecule has 2 fully saturated rings. The van der Waals surface area contributed by atoms with Crippen LogP contribution in [0.25, 0.3) is 0 Å². The molecule has 1 aromatic carbocycles. The van der Waals surface area contributed by atoms with E-state index in [0.29, 0.717) is 0 Å². The van der Waals surface area contributed by atoms with E-state index in [1.165, 1.54) is 25.7 Å². The minimum absolute atomic E-state index is 0.0310. The number of hydrogen-bond acceptors (Lipinski definition) is 2. The van der Waals surface area contributed by atoms with E-state index in [4.69, 9.17) is 0 Å². The minimum atomic E-state index is 0.0310. The van der Waals surface area contributed by atoms with Gasteiger partial charge >= 0.3 is 6.03 Å². The van der Waals surface area contributed by atoms with Crippen molar-refractivity contribution in [2.75, 3.05) is 26.2 Å². The van der Waals surface area contributed by atoms with Gasteiger partial charge in [-0.05, 0) is 37.5 Å². The smallest absolute Gasteiger partial charge is 0.317 e. The Labute approximate surface area is 147 Å². The maximum Gasteiger partial charge on any atom is 0.317 e. The highest BCUT2D eigenvalue weighted by Crippen LogP contribution is 2.24. The minimum Gasteiger partial charge on any atom is -0.331 e. The molecule has 3 rings (SSSR count). The number of nitrogens with zero attached hydrogens (tertiary/aromatic N) is 2. The van der Waals surface area contributed by atoms with Gasteiger partial charge in [0.15, 0.2) is 0 Å². The SMILES string of the molecule is CC(NC(=O)N1CCN(C2CCCC2)CC1)c1ccc(Br)cc1. The third-order valence-corrected chi connectivity index (χ3v) is 5.68. The summed E-state index contributed by atoms with van der Waals surface area (Å²) in [5, 5.41) is 3.12. The Morgan fingerprint density at radius 2 is 1.74 bits per heavy atom. The Bertz CT molecular complexity index is 520. The largest absolute Gasteiger partial charge is 0.331 e. The number of rotatable bonds is 3. The fourth-order valence-electron chi connectivity index (χ4n) is 3.67. The maximum absolute atomic E-state index is 12.5. The molecule has 1 N–H and O–H groups in total. The van der Waals surface area contributed by atoms with Crippen LogP contribution in [0, 0.1) is 0 Å². The van der Waals surface area contributed by atoms with Gasteiger partial charge in [-0.2, -0.15) is 0 Å². The van der Waals surface area contributed by atoms with E-state index in [1.807, 2.05) is 36.1 Å². The number of amides is 2. The molecule has 0 aromatic heterocycles. The predicted molar refractivity (Wildman–Crippen MR) is 96.5 cm³/mol. The number of carbonyl (C=O) groups excluding carboxylic acids is 1. The molecule has 4 nitrogen and oxygen atoms in total. The third-order valence-electron chi connectivity index (χ3n) is 5.15. The van der Waals surface area contributed by atoms with Gasteiger partial charge in [0.1, 0.15) is 0 Å². The molecule has 0 radical (unpaired) electrons. The molecule has 2 amide bonds. The molecule has 1 unspecified atom stereocenters. The number of halogens is 1. The zero-order valence-corrected chi connectivity index (χ0v) is 15.4. The summed E-state index contributed by atoms with van der Waals surface area (Å²) < 4.78 is 1.06. The molecule has 23 heavy (non-hydrogen) atoms. The van der Waals surface area contributed by atoms with Crippen LogP contribution in [-0.2, 0) is 0 Å². The molecule has 5 heteroatoms. The molecule has 126 valence electrons. The van der Waals surface area contributed by atoms with Crippen LogP contribution >= 0.6 is 15.9 Å². The Morgan fingerprint density at radius 3 is 2.35 bits per heavy atom. The van der Waals surface area contributed by atoms with Crippen molar-refractivity contribution in [2.24, 2.45) is 0 Å². The molecule has 1 saturated heterocycles. The van der Waals surface area contributed by atoms with Crippen molar-refractivity contribution < 1.29 is 4.79 Å². The van der Waals surface area contributed by atoms with E-state index in [0.717, 1.165) is 42.3 Å². The topological polar surface area (TPSA) is 35.6 Å². The van der Waals surface area contributed by atoms with Gasteiger partial charge in [0.2, 0.25) is 0 Å². The van der Waals surface area contributed by atoms with Gasteiger partial charge in [-0.3, -0.25) is 4.90 Å². The van der Waals surface area contributed by atoms with E-state index in [9.17, 15) is 4.79 Å². The summed E-state index contributed by atoms with van der Waals surface area (Å²) in [6.45, 7) is 5.76. The summed E-state index contributed by atoms with van der Waals surface area (Å²) in [4.78, 5) is 17.0. The monoisotopic (exact) mass is 379 g/mol. The van der Waals surface area contributed by atoms with Gasteiger partial charge in [0.25, 0.3) is 0 Å². The summed E-state index contributed by atoms with van der Waals surface area (Å²) in [5.41, 5.74) is 1.13. The number of hydrogen-bond donors (Lipinski definition) is 1. The second-order valence-electron chi connectivity index (χ2n) is 6.68. The molecule has 2 aliphatic rings. The normalized spacial score (nSPS) is 21.4. The first-order chi connectivity index (χ1) is 11.1. The zero-order valence-electron chi connectivity index (χ0n) is 13.8. The highest BCUT2D eigenvalue weighted by Gasteiger charge is 2.28. The van der Waals surface area contributed by atoms with Crippen LogP contribution in [0.15, 0.2) is 28.7 Å². The van der Waals surface area contributed by atoms with Crippen LogP contribution in [0.3, 0.4) is 0 Å². The number of urea groups is 1. The van der Waals surface area contributed by atoms with E-state index in [-0.39, 0.29) is 12.1 Å². The van der Waals surface area contributed by atoms with Gasteiger partial charge in [-0.25, -0.2) is 4.79 Å².